The summed E-state index contributed by atoms with van der Waals surface area (Å²) in [6.07, 6.45) is 3.68. The Morgan fingerprint density at radius 3 is 2.42 bits per heavy atom. The van der Waals surface area contributed by atoms with Gasteiger partial charge in [0.15, 0.2) is 0 Å². The summed E-state index contributed by atoms with van der Waals surface area (Å²) in [5, 5.41) is 2.70. The van der Waals surface area contributed by atoms with Crippen LogP contribution in [0.5, 0.6) is 0 Å². The zero-order valence-electron chi connectivity index (χ0n) is 17.6. The fraction of sp³-hybridized carbons (Fsp3) is 0.636. The van der Waals surface area contributed by atoms with Crippen molar-refractivity contribution in [3.63, 3.8) is 0 Å². The van der Waals surface area contributed by atoms with Gasteiger partial charge in [-0.2, -0.15) is 0 Å². The Morgan fingerprint density at radius 1 is 1.23 bits per heavy atom. The molecule has 1 atom stereocenters. The van der Waals surface area contributed by atoms with Gasteiger partial charge in [0.1, 0.15) is 12.6 Å². The smallest absolute Gasteiger partial charge is 0.265 e. The number of alkyl halides is 2. The first-order valence-corrected chi connectivity index (χ1v) is 11.1. The third kappa shape index (κ3) is 4.58. The number of anilines is 2. The summed E-state index contributed by atoms with van der Waals surface area (Å²) in [5.41, 5.74) is 6.12. The lowest BCUT2D eigenvalue weighted by Gasteiger charge is -2.49. The predicted octanol–water partition coefficient (Wildman–Crippen LogP) is 2.66. The van der Waals surface area contributed by atoms with Crippen molar-refractivity contribution in [2.24, 2.45) is 5.73 Å². The van der Waals surface area contributed by atoms with Crippen molar-refractivity contribution in [1.29, 1.82) is 0 Å². The zero-order valence-corrected chi connectivity index (χ0v) is 17.6. The molecule has 1 heterocycles. The number of ether oxygens (including phenoxy) is 1. The Hall–Kier alpha value is -2.10. The largest absolute Gasteiger partial charge is 0.370 e. The van der Waals surface area contributed by atoms with Gasteiger partial charge in [-0.3, -0.25) is 14.5 Å². The van der Waals surface area contributed by atoms with Gasteiger partial charge in [-0.05, 0) is 43.9 Å². The summed E-state index contributed by atoms with van der Waals surface area (Å²) in [4.78, 5) is 28.8. The molecular weight excluding hydrogens is 406 g/mol. The maximum atomic E-state index is 13.8. The SMILES string of the molecule is NC[C@@H](C(=O)Nc1ccc(N2CCOCC2=O)cc1C(F)F)N(C1CCC1)C1CCC1. The molecule has 2 aliphatic carbocycles. The van der Waals surface area contributed by atoms with Crippen molar-refractivity contribution in [2.75, 3.05) is 36.5 Å². The number of nitrogens with one attached hydrogen (secondary N) is 1. The molecule has 170 valence electrons. The van der Waals surface area contributed by atoms with E-state index in [4.69, 9.17) is 10.5 Å². The van der Waals surface area contributed by atoms with E-state index in [1.807, 2.05) is 0 Å². The molecular formula is C22H30F2N4O3. The third-order valence-electron chi connectivity index (χ3n) is 6.70. The maximum Gasteiger partial charge on any atom is 0.265 e. The zero-order chi connectivity index (χ0) is 22.0. The fourth-order valence-corrected chi connectivity index (χ4v) is 4.56. The van der Waals surface area contributed by atoms with Crippen molar-refractivity contribution in [3.8, 4) is 0 Å². The van der Waals surface area contributed by atoms with Gasteiger partial charge < -0.3 is 20.7 Å². The molecule has 3 aliphatic rings. The summed E-state index contributed by atoms with van der Waals surface area (Å²) in [7, 11) is 0. The second kappa shape index (κ2) is 9.58. The summed E-state index contributed by atoms with van der Waals surface area (Å²) >= 11 is 0. The van der Waals surface area contributed by atoms with E-state index in [-0.39, 0.29) is 36.2 Å². The average Bonchev–Trinajstić information content (AvgIpc) is 2.66. The van der Waals surface area contributed by atoms with Crippen LogP contribution in [0, 0.1) is 0 Å². The predicted molar refractivity (Wildman–Crippen MR) is 113 cm³/mol. The van der Waals surface area contributed by atoms with Crippen LogP contribution in [0.2, 0.25) is 0 Å². The van der Waals surface area contributed by atoms with Gasteiger partial charge in [0, 0.05) is 42.1 Å². The van der Waals surface area contributed by atoms with Crippen LogP contribution in [0.4, 0.5) is 20.2 Å². The normalized spacial score (nSPS) is 21.2. The number of amides is 2. The molecule has 0 aromatic heterocycles. The lowest BCUT2D eigenvalue weighted by Crippen LogP contribution is -2.60. The van der Waals surface area contributed by atoms with E-state index in [2.05, 4.69) is 10.2 Å². The van der Waals surface area contributed by atoms with E-state index in [1.165, 1.54) is 17.0 Å². The first-order chi connectivity index (χ1) is 15.0. The molecule has 2 amide bonds. The fourth-order valence-electron chi connectivity index (χ4n) is 4.56. The minimum absolute atomic E-state index is 0.0603. The lowest BCUT2D eigenvalue weighted by molar-refractivity contribution is -0.126. The highest BCUT2D eigenvalue weighted by atomic mass is 19.3. The second-order valence-corrected chi connectivity index (χ2v) is 8.53. The average molecular weight is 437 g/mol. The molecule has 31 heavy (non-hydrogen) atoms. The van der Waals surface area contributed by atoms with Crippen molar-refractivity contribution >= 4 is 23.2 Å². The lowest BCUT2D eigenvalue weighted by atomic mass is 9.83. The number of hydrogen-bond acceptors (Lipinski definition) is 5. The quantitative estimate of drug-likeness (QED) is 0.654. The second-order valence-electron chi connectivity index (χ2n) is 8.53. The summed E-state index contributed by atoms with van der Waals surface area (Å²) < 4.78 is 32.8. The Kier molecular flexibility index (Phi) is 6.83. The number of halogens is 2. The number of nitrogens with two attached hydrogens (primary N) is 1. The van der Waals surface area contributed by atoms with E-state index in [0.29, 0.717) is 30.9 Å². The molecule has 1 aromatic rings. The van der Waals surface area contributed by atoms with E-state index in [9.17, 15) is 18.4 Å². The summed E-state index contributed by atoms with van der Waals surface area (Å²) in [6, 6.07) is 4.44. The standard InChI is InChI=1S/C22H30F2N4O3/c23-21(24)17-11-16(27-9-10-31-13-20(27)29)7-8-18(17)26-22(30)19(12-25)28(14-3-1-4-14)15-5-2-6-15/h7-8,11,14-15,19,21H,1-6,9-10,12-13,25H2,(H,26,30)/t19-/m0/s1. The van der Waals surface area contributed by atoms with Gasteiger partial charge in [-0.15, -0.1) is 0 Å². The molecule has 2 saturated carbocycles. The van der Waals surface area contributed by atoms with Crippen LogP contribution in [0.1, 0.15) is 50.5 Å². The number of hydrogen-bond donors (Lipinski definition) is 2. The maximum absolute atomic E-state index is 13.8. The first kappa shape index (κ1) is 22.1. The van der Waals surface area contributed by atoms with Crippen LogP contribution in [0.3, 0.4) is 0 Å². The molecule has 9 heteroatoms. The monoisotopic (exact) mass is 436 g/mol. The topological polar surface area (TPSA) is 87.9 Å². The molecule has 4 rings (SSSR count). The number of carbonyl (C=O) groups excluding carboxylic acids is 2. The van der Waals surface area contributed by atoms with Gasteiger partial charge in [-0.1, -0.05) is 12.8 Å². The molecule has 0 spiro atoms. The number of carbonyl (C=O) groups is 2. The van der Waals surface area contributed by atoms with Crippen molar-refractivity contribution in [3.05, 3.63) is 23.8 Å². The van der Waals surface area contributed by atoms with E-state index in [0.717, 1.165) is 38.5 Å². The Bertz CT molecular complexity index is 800. The number of rotatable bonds is 8. The number of nitrogens with zero attached hydrogens (tertiary/aromatic N) is 2. The van der Waals surface area contributed by atoms with Crippen molar-refractivity contribution in [2.45, 2.75) is 63.1 Å². The minimum Gasteiger partial charge on any atom is -0.370 e. The van der Waals surface area contributed by atoms with Gasteiger partial charge in [-0.25, -0.2) is 8.78 Å². The van der Waals surface area contributed by atoms with E-state index >= 15 is 0 Å². The van der Waals surface area contributed by atoms with Crippen LogP contribution in [-0.2, 0) is 14.3 Å². The highest BCUT2D eigenvalue weighted by Crippen LogP contribution is 2.36. The molecule has 3 N–H and O–H groups in total. The van der Waals surface area contributed by atoms with Crippen LogP contribution in [0.15, 0.2) is 18.2 Å². The molecule has 7 nitrogen and oxygen atoms in total. The molecule has 0 bridgehead atoms. The molecule has 0 radical (unpaired) electrons. The van der Waals surface area contributed by atoms with Crippen LogP contribution >= 0.6 is 0 Å². The van der Waals surface area contributed by atoms with Crippen molar-refractivity contribution < 1.29 is 23.1 Å². The number of morpholine rings is 1. The van der Waals surface area contributed by atoms with Gasteiger partial charge in [0.2, 0.25) is 5.91 Å². The highest BCUT2D eigenvalue weighted by Gasteiger charge is 2.40. The van der Waals surface area contributed by atoms with Crippen LogP contribution in [-0.4, -0.2) is 61.1 Å². The highest BCUT2D eigenvalue weighted by molar-refractivity contribution is 5.98. The Balaban J connectivity index is 1.53. The van der Waals surface area contributed by atoms with Gasteiger partial charge in [0.05, 0.1) is 6.61 Å². The first-order valence-electron chi connectivity index (χ1n) is 11.1. The summed E-state index contributed by atoms with van der Waals surface area (Å²) in [5.74, 6) is -0.624. The number of benzene rings is 1. The Labute approximate surface area is 180 Å². The molecule has 3 fully saturated rings. The van der Waals surface area contributed by atoms with Crippen molar-refractivity contribution in [1.82, 2.24) is 4.90 Å². The van der Waals surface area contributed by atoms with E-state index < -0.39 is 12.5 Å². The molecule has 1 saturated heterocycles. The van der Waals surface area contributed by atoms with Gasteiger partial charge >= 0.3 is 0 Å². The Morgan fingerprint density at radius 2 is 1.90 bits per heavy atom. The molecule has 1 aromatic carbocycles. The van der Waals surface area contributed by atoms with Gasteiger partial charge in [0.25, 0.3) is 12.3 Å². The van der Waals surface area contributed by atoms with Crippen LogP contribution in [0.25, 0.3) is 0 Å². The third-order valence-corrected chi connectivity index (χ3v) is 6.70. The molecule has 0 unspecified atom stereocenters. The minimum atomic E-state index is -2.79. The molecule has 1 aliphatic heterocycles. The van der Waals surface area contributed by atoms with Crippen LogP contribution < -0.4 is 16.0 Å². The van der Waals surface area contributed by atoms with E-state index in [1.54, 1.807) is 6.07 Å². The summed E-state index contributed by atoms with van der Waals surface area (Å²) in [6.45, 7) is 0.729.